The van der Waals surface area contributed by atoms with E-state index in [1.165, 1.54) is 0 Å². The number of nitrogens with zero attached hydrogens (tertiary/aromatic N) is 2. The molecule has 21 heavy (non-hydrogen) atoms. The second kappa shape index (κ2) is 7.66. The Hall–Kier alpha value is -2.05. The molecule has 0 saturated heterocycles. The van der Waals surface area contributed by atoms with Gasteiger partial charge in [-0.05, 0) is 30.5 Å². The molecule has 112 valence electrons. The van der Waals surface area contributed by atoms with Crippen LogP contribution in [0.2, 0.25) is 5.02 Å². The second-order valence-electron chi connectivity index (χ2n) is 4.51. The number of benzene rings is 1. The SMILES string of the molecule is NC(=O)N(Cc1ccc(Cl)cc1)OCCCc1cnc[nH]1. The molecule has 0 spiro atoms. The summed E-state index contributed by atoms with van der Waals surface area (Å²) in [4.78, 5) is 23.7. The van der Waals surface area contributed by atoms with E-state index in [0.29, 0.717) is 11.6 Å². The fraction of sp³-hybridized carbons (Fsp3) is 0.286. The summed E-state index contributed by atoms with van der Waals surface area (Å²) in [5.41, 5.74) is 7.24. The number of nitrogens with two attached hydrogens (primary N) is 1. The predicted molar refractivity (Wildman–Crippen MR) is 79.4 cm³/mol. The van der Waals surface area contributed by atoms with Crippen molar-refractivity contribution >= 4 is 17.6 Å². The monoisotopic (exact) mass is 308 g/mol. The fourth-order valence-corrected chi connectivity index (χ4v) is 1.93. The van der Waals surface area contributed by atoms with Gasteiger partial charge in [-0.1, -0.05) is 23.7 Å². The molecule has 2 aromatic rings. The van der Waals surface area contributed by atoms with Gasteiger partial charge >= 0.3 is 6.03 Å². The van der Waals surface area contributed by atoms with E-state index in [1.807, 2.05) is 12.1 Å². The first-order valence-electron chi connectivity index (χ1n) is 6.57. The third-order valence-electron chi connectivity index (χ3n) is 2.88. The van der Waals surface area contributed by atoms with Gasteiger partial charge in [0.2, 0.25) is 0 Å². The van der Waals surface area contributed by atoms with E-state index < -0.39 is 6.03 Å². The molecule has 1 heterocycles. The lowest BCUT2D eigenvalue weighted by atomic mass is 10.2. The number of halogens is 1. The maximum Gasteiger partial charge on any atom is 0.339 e. The van der Waals surface area contributed by atoms with Crippen molar-refractivity contribution in [3.05, 3.63) is 53.1 Å². The molecule has 0 fully saturated rings. The summed E-state index contributed by atoms with van der Waals surface area (Å²) < 4.78 is 0. The molecule has 0 unspecified atom stereocenters. The summed E-state index contributed by atoms with van der Waals surface area (Å²) in [5.74, 6) is 0. The van der Waals surface area contributed by atoms with Gasteiger partial charge in [0.25, 0.3) is 0 Å². The molecule has 6 nitrogen and oxygen atoms in total. The normalized spacial score (nSPS) is 10.5. The van der Waals surface area contributed by atoms with Crippen LogP contribution in [0.5, 0.6) is 0 Å². The summed E-state index contributed by atoms with van der Waals surface area (Å²) in [6.07, 6.45) is 4.95. The van der Waals surface area contributed by atoms with Crippen molar-refractivity contribution in [3.63, 3.8) is 0 Å². The van der Waals surface area contributed by atoms with Gasteiger partial charge in [-0.2, -0.15) is 5.06 Å². The van der Waals surface area contributed by atoms with Gasteiger partial charge in [0.15, 0.2) is 0 Å². The lowest BCUT2D eigenvalue weighted by Gasteiger charge is -2.19. The largest absolute Gasteiger partial charge is 0.350 e. The number of hydrogen-bond donors (Lipinski definition) is 2. The van der Waals surface area contributed by atoms with Crippen LogP contribution in [-0.2, 0) is 17.8 Å². The number of aromatic nitrogens is 2. The van der Waals surface area contributed by atoms with Crippen LogP contribution in [-0.4, -0.2) is 27.7 Å². The number of primary amides is 1. The highest BCUT2D eigenvalue weighted by atomic mass is 35.5. The first-order valence-corrected chi connectivity index (χ1v) is 6.94. The van der Waals surface area contributed by atoms with Crippen molar-refractivity contribution in [3.8, 4) is 0 Å². The first kappa shape index (κ1) is 15.3. The number of rotatable bonds is 7. The molecule has 0 atom stereocenters. The Morgan fingerprint density at radius 2 is 2.14 bits per heavy atom. The molecule has 1 aromatic carbocycles. The Balaban J connectivity index is 1.79. The quantitative estimate of drug-likeness (QED) is 0.609. The number of urea groups is 1. The highest BCUT2D eigenvalue weighted by molar-refractivity contribution is 6.30. The number of aryl methyl sites for hydroxylation is 1. The zero-order chi connectivity index (χ0) is 15.1. The zero-order valence-corrected chi connectivity index (χ0v) is 12.2. The first-order chi connectivity index (χ1) is 10.1. The summed E-state index contributed by atoms with van der Waals surface area (Å²) in [5, 5.41) is 1.79. The molecule has 0 saturated carbocycles. The average molecular weight is 309 g/mol. The Morgan fingerprint density at radius 3 is 2.76 bits per heavy atom. The molecule has 7 heteroatoms. The number of carbonyl (C=O) groups excluding carboxylic acids is 1. The van der Waals surface area contributed by atoms with Gasteiger partial charge < -0.3 is 10.7 Å². The third-order valence-corrected chi connectivity index (χ3v) is 3.13. The van der Waals surface area contributed by atoms with Gasteiger partial charge in [-0.15, -0.1) is 0 Å². The Bertz CT molecular complexity index is 557. The van der Waals surface area contributed by atoms with Crippen LogP contribution < -0.4 is 5.73 Å². The van der Waals surface area contributed by atoms with Crippen molar-refractivity contribution < 1.29 is 9.63 Å². The minimum atomic E-state index is -0.619. The van der Waals surface area contributed by atoms with Crippen molar-refractivity contribution in [2.24, 2.45) is 5.73 Å². The van der Waals surface area contributed by atoms with Crippen LogP contribution in [0, 0.1) is 0 Å². The maximum absolute atomic E-state index is 11.4. The molecule has 0 aliphatic carbocycles. The lowest BCUT2D eigenvalue weighted by molar-refractivity contribution is -0.122. The number of H-pyrrole nitrogens is 1. The molecule has 2 amide bonds. The van der Waals surface area contributed by atoms with Gasteiger partial charge in [-0.25, -0.2) is 9.78 Å². The average Bonchev–Trinajstić information content (AvgIpc) is 2.97. The Labute approximate surface area is 127 Å². The van der Waals surface area contributed by atoms with E-state index in [1.54, 1.807) is 24.7 Å². The molecule has 0 radical (unpaired) electrons. The Kier molecular flexibility index (Phi) is 5.59. The molecule has 0 bridgehead atoms. The number of hydroxylamine groups is 2. The summed E-state index contributed by atoms with van der Waals surface area (Å²) in [6, 6.07) is 6.55. The lowest BCUT2D eigenvalue weighted by Crippen LogP contribution is -2.35. The number of amides is 2. The van der Waals surface area contributed by atoms with Gasteiger partial charge in [-0.3, -0.25) is 4.84 Å². The van der Waals surface area contributed by atoms with Crippen molar-refractivity contribution in [2.45, 2.75) is 19.4 Å². The smallest absolute Gasteiger partial charge is 0.339 e. The number of hydrogen-bond acceptors (Lipinski definition) is 3. The number of imidazole rings is 1. The molecule has 0 aliphatic rings. The summed E-state index contributed by atoms with van der Waals surface area (Å²) >= 11 is 5.82. The number of nitrogens with one attached hydrogen (secondary N) is 1. The van der Waals surface area contributed by atoms with Crippen LogP contribution >= 0.6 is 11.6 Å². The molecule has 1 aromatic heterocycles. The van der Waals surface area contributed by atoms with E-state index in [2.05, 4.69) is 9.97 Å². The van der Waals surface area contributed by atoms with Gasteiger partial charge in [0, 0.05) is 16.9 Å². The van der Waals surface area contributed by atoms with Crippen molar-refractivity contribution in [1.82, 2.24) is 15.0 Å². The van der Waals surface area contributed by atoms with Gasteiger partial charge in [0.1, 0.15) is 0 Å². The van der Waals surface area contributed by atoms with Crippen LogP contribution in [0.4, 0.5) is 4.79 Å². The predicted octanol–water partition coefficient (Wildman–Crippen LogP) is 2.51. The van der Waals surface area contributed by atoms with E-state index in [4.69, 9.17) is 22.2 Å². The third kappa shape index (κ3) is 5.09. The fourth-order valence-electron chi connectivity index (χ4n) is 1.80. The topological polar surface area (TPSA) is 84.2 Å². The standard InChI is InChI=1S/C14H17ClN4O2/c15-12-5-3-11(4-6-12)9-19(14(16)20)21-7-1-2-13-8-17-10-18-13/h3-6,8,10H,1-2,7,9H2,(H2,16,20)(H,17,18). The van der Waals surface area contributed by atoms with Crippen LogP contribution in [0.3, 0.4) is 0 Å². The molecular formula is C14H17ClN4O2. The molecule has 0 aliphatic heterocycles. The molecule has 3 N–H and O–H groups in total. The molecular weight excluding hydrogens is 292 g/mol. The summed E-state index contributed by atoms with van der Waals surface area (Å²) in [6.45, 7) is 0.687. The van der Waals surface area contributed by atoms with Gasteiger partial charge in [0.05, 0.1) is 19.5 Å². The van der Waals surface area contributed by atoms with E-state index in [9.17, 15) is 4.79 Å². The van der Waals surface area contributed by atoms with Crippen molar-refractivity contribution in [2.75, 3.05) is 6.61 Å². The minimum absolute atomic E-state index is 0.288. The van der Waals surface area contributed by atoms with Crippen LogP contribution in [0.15, 0.2) is 36.8 Å². The van der Waals surface area contributed by atoms with Crippen LogP contribution in [0.1, 0.15) is 17.7 Å². The number of aromatic amines is 1. The maximum atomic E-state index is 11.4. The number of carbonyl (C=O) groups is 1. The highest BCUT2D eigenvalue weighted by Gasteiger charge is 2.11. The minimum Gasteiger partial charge on any atom is -0.350 e. The Morgan fingerprint density at radius 1 is 1.38 bits per heavy atom. The van der Waals surface area contributed by atoms with E-state index >= 15 is 0 Å². The highest BCUT2D eigenvalue weighted by Crippen LogP contribution is 2.12. The molecule has 2 rings (SSSR count). The zero-order valence-electron chi connectivity index (χ0n) is 11.5. The van der Waals surface area contributed by atoms with Crippen LogP contribution in [0.25, 0.3) is 0 Å². The van der Waals surface area contributed by atoms with Crippen molar-refractivity contribution in [1.29, 1.82) is 0 Å². The second-order valence-corrected chi connectivity index (χ2v) is 4.95. The van der Waals surface area contributed by atoms with E-state index in [-0.39, 0.29) is 6.54 Å². The summed E-state index contributed by atoms with van der Waals surface area (Å²) in [7, 11) is 0. The van der Waals surface area contributed by atoms with E-state index in [0.717, 1.165) is 29.2 Å².